The summed E-state index contributed by atoms with van der Waals surface area (Å²) in [5.74, 6) is 0.687. The van der Waals surface area contributed by atoms with Crippen LogP contribution in [-0.4, -0.2) is 21.0 Å². The summed E-state index contributed by atoms with van der Waals surface area (Å²) in [7, 11) is 0. The third kappa shape index (κ3) is 4.63. The van der Waals surface area contributed by atoms with E-state index in [1.165, 1.54) is 0 Å². The lowest BCUT2D eigenvalue weighted by atomic mass is 10.0. The summed E-state index contributed by atoms with van der Waals surface area (Å²) < 4.78 is 0. The van der Waals surface area contributed by atoms with Crippen LogP contribution in [0.2, 0.25) is 0 Å². The molecule has 26 heavy (non-hydrogen) atoms. The average Bonchev–Trinajstić information content (AvgIpc) is 2.67. The summed E-state index contributed by atoms with van der Waals surface area (Å²) in [5, 5.41) is 5.75. The number of benzene rings is 1. The number of nitrogens with zero attached hydrogens (tertiary/aromatic N) is 3. The molecule has 1 aromatic carbocycles. The molecule has 2 heterocycles. The minimum absolute atomic E-state index is 0.106. The monoisotopic (exact) mass is 347 g/mol. The minimum Gasteiger partial charge on any atom is -0.332 e. The van der Waals surface area contributed by atoms with E-state index in [1.54, 1.807) is 18.5 Å². The van der Waals surface area contributed by atoms with E-state index in [-0.39, 0.29) is 12.1 Å². The quantitative estimate of drug-likeness (QED) is 0.741. The van der Waals surface area contributed by atoms with Gasteiger partial charge in [0.25, 0.3) is 0 Å². The number of carbonyl (C=O) groups excluding carboxylic acids is 1. The third-order valence-electron chi connectivity index (χ3n) is 4.02. The van der Waals surface area contributed by atoms with E-state index in [1.807, 2.05) is 56.4 Å². The van der Waals surface area contributed by atoms with Gasteiger partial charge >= 0.3 is 6.03 Å². The van der Waals surface area contributed by atoms with Gasteiger partial charge in [-0.05, 0) is 42.7 Å². The van der Waals surface area contributed by atoms with Crippen molar-refractivity contribution in [3.8, 4) is 11.1 Å². The van der Waals surface area contributed by atoms with Gasteiger partial charge < -0.3 is 10.6 Å². The number of hydrogen-bond acceptors (Lipinski definition) is 4. The Morgan fingerprint density at radius 3 is 2.58 bits per heavy atom. The molecule has 1 unspecified atom stereocenters. The van der Waals surface area contributed by atoms with Gasteiger partial charge in [-0.1, -0.05) is 30.3 Å². The topological polar surface area (TPSA) is 79.8 Å². The summed E-state index contributed by atoms with van der Waals surface area (Å²) in [4.78, 5) is 24.5. The molecule has 3 rings (SSSR count). The molecular weight excluding hydrogens is 326 g/mol. The SMILES string of the molecule is Cc1nccc(CNC(=O)NC(C)c2ccc(-c3cccnc3)cc2)n1. The lowest BCUT2D eigenvalue weighted by Gasteiger charge is -2.15. The Hall–Kier alpha value is -3.28. The van der Waals surface area contributed by atoms with Crippen LogP contribution in [0.4, 0.5) is 4.79 Å². The van der Waals surface area contributed by atoms with Crippen LogP contribution in [0, 0.1) is 6.92 Å². The Morgan fingerprint density at radius 2 is 1.88 bits per heavy atom. The maximum absolute atomic E-state index is 12.1. The van der Waals surface area contributed by atoms with Crippen LogP contribution in [0.15, 0.2) is 61.1 Å². The molecule has 0 aliphatic carbocycles. The van der Waals surface area contributed by atoms with Crippen molar-refractivity contribution in [1.29, 1.82) is 0 Å². The molecule has 3 aromatic rings. The molecule has 0 aliphatic rings. The molecule has 2 N–H and O–H groups in total. The molecule has 132 valence electrons. The van der Waals surface area contributed by atoms with Crippen molar-refractivity contribution >= 4 is 6.03 Å². The van der Waals surface area contributed by atoms with Crippen LogP contribution in [0.1, 0.15) is 30.0 Å². The molecular formula is C20H21N5O. The fourth-order valence-corrected chi connectivity index (χ4v) is 2.60. The Labute approximate surface area is 152 Å². The van der Waals surface area contributed by atoms with Crippen molar-refractivity contribution in [3.63, 3.8) is 0 Å². The Bertz CT molecular complexity index is 865. The number of carbonyl (C=O) groups is 1. The predicted octanol–water partition coefficient (Wildman–Crippen LogP) is 3.41. The second-order valence-corrected chi connectivity index (χ2v) is 6.01. The highest BCUT2D eigenvalue weighted by Crippen LogP contribution is 2.21. The number of nitrogens with one attached hydrogen (secondary N) is 2. The van der Waals surface area contributed by atoms with Gasteiger partial charge in [0.1, 0.15) is 5.82 Å². The van der Waals surface area contributed by atoms with Gasteiger partial charge in [-0.3, -0.25) is 4.98 Å². The standard InChI is InChI=1S/C20H21N5O/c1-14(24-20(26)23-13-19-9-11-22-15(2)25-19)16-5-7-17(8-6-16)18-4-3-10-21-12-18/h3-12,14H,13H2,1-2H3,(H2,23,24,26). The fourth-order valence-electron chi connectivity index (χ4n) is 2.60. The van der Waals surface area contributed by atoms with Crippen molar-refractivity contribution in [2.24, 2.45) is 0 Å². The molecule has 2 aromatic heterocycles. The highest BCUT2D eigenvalue weighted by Gasteiger charge is 2.10. The smallest absolute Gasteiger partial charge is 0.315 e. The zero-order valence-corrected chi connectivity index (χ0v) is 14.8. The highest BCUT2D eigenvalue weighted by atomic mass is 16.2. The molecule has 2 amide bonds. The van der Waals surface area contributed by atoms with Crippen LogP contribution in [0.25, 0.3) is 11.1 Å². The largest absolute Gasteiger partial charge is 0.332 e. The number of hydrogen-bond donors (Lipinski definition) is 2. The first kappa shape index (κ1) is 17.5. The zero-order chi connectivity index (χ0) is 18.4. The van der Waals surface area contributed by atoms with Crippen LogP contribution in [0.5, 0.6) is 0 Å². The first-order valence-corrected chi connectivity index (χ1v) is 8.45. The number of amides is 2. The lowest BCUT2D eigenvalue weighted by Crippen LogP contribution is -2.36. The summed E-state index contributed by atoms with van der Waals surface area (Å²) in [6.45, 7) is 4.14. The fraction of sp³-hybridized carbons (Fsp3) is 0.200. The van der Waals surface area contributed by atoms with E-state index in [4.69, 9.17) is 0 Å². The number of aromatic nitrogens is 3. The van der Waals surface area contributed by atoms with Gasteiger partial charge in [-0.15, -0.1) is 0 Å². The molecule has 0 saturated heterocycles. The van der Waals surface area contributed by atoms with E-state index in [2.05, 4.69) is 25.6 Å². The van der Waals surface area contributed by atoms with E-state index >= 15 is 0 Å². The van der Waals surface area contributed by atoms with Crippen LogP contribution >= 0.6 is 0 Å². The van der Waals surface area contributed by atoms with Gasteiger partial charge in [-0.2, -0.15) is 0 Å². The van der Waals surface area contributed by atoms with Crippen LogP contribution < -0.4 is 10.6 Å². The Balaban J connectivity index is 1.55. The number of urea groups is 1. The molecule has 6 heteroatoms. The first-order valence-electron chi connectivity index (χ1n) is 8.45. The lowest BCUT2D eigenvalue weighted by molar-refractivity contribution is 0.237. The van der Waals surface area contributed by atoms with E-state index in [0.717, 1.165) is 22.4 Å². The molecule has 1 atom stereocenters. The summed E-state index contributed by atoms with van der Waals surface area (Å²) >= 11 is 0. The molecule has 6 nitrogen and oxygen atoms in total. The van der Waals surface area contributed by atoms with E-state index < -0.39 is 0 Å². The number of aryl methyl sites for hydroxylation is 1. The normalized spacial score (nSPS) is 11.6. The zero-order valence-electron chi connectivity index (χ0n) is 14.8. The summed E-state index contributed by atoms with van der Waals surface area (Å²) in [6, 6.07) is 13.5. The number of pyridine rings is 1. The maximum Gasteiger partial charge on any atom is 0.315 e. The molecule has 0 radical (unpaired) electrons. The van der Waals surface area contributed by atoms with Crippen molar-refractivity contribution in [1.82, 2.24) is 25.6 Å². The van der Waals surface area contributed by atoms with Gasteiger partial charge in [0, 0.05) is 18.6 Å². The van der Waals surface area contributed by atoms with Gasteiger partial charge in [0.15, 0.2) is 0 Å². The maximum atomic E-state index is 12.1. The van der Waals surface area contributed by atoms with Crippen molar-refractivity contribution in [2.75, 3.05) is 0 Å². The molecule has 0 saturated carbocycles. The van der Waals surface area contributed by atoms with Crippen molar-refractivity contribution < 1.29 is 4.79 Å². The molecule has 0 bridgehead atoms. The summed E-state index contributed by atoms with van der Waals surface area (Å²) in [5.41, 5.74) is 3.97. The van der Waals surface area contributed by atoms with Crippen LogP contribution in [0.3, 0.4) is 0 Å². The van der Waals surface area contributed by atoms with Gasteiger partial charge in [0.05, 0.1) is 18.3 Å². The van der Waals surface area contributed by atoms with Crippen LogP contribution in [-0.2, 0) is 6.54 Å². The van der Waals surface area contributed by atoms with E-state index in [9.17, 15) is 4.79 Å². The molecule has 0 aliphatic heterocycles. The second kappa shape index (κ2) is 8.20. The molecule has 0 spiro atoms. The Kier molecular flexibility index (Phi) is 5.53. The average molecular weight is 347 g/mol. The van der Waals surface area contributed by atoms with E-state index in [0.29, 0.717) is 12.4 Å². The number of rotatable bonds is 5. The van der Waals surface area contributed by atoms with Gasteiger partial charge in [0.2, 0.25) is 0 Å². The minimum atomic E-state index is -0.231. The van der Waals surface area contributed by atoms with Gasteiger partial charge in [-0.25, -0.2) is 14.8 Å². The Morgan fingerprint density at radius 1 is 1.08 bits per heavy atom. The highest BCUT2D eigenvalue weighted by molar-refractivity contribution is 5.74. The molecule has 0 fully saturated rings. The third-order valence-corrected chi connectivity index (χ3v) is 4.02. The summed E-state index contributed by atoms with van der Waals surface area (Å²) in [6.07, 6.45) is 5.27. The van der Waals surface area contributed by atoms with Crippen molar-refractivity contribution in [3.05, 3.63) is 78.1 Å². The second-order valence-electron chi connectivity index (χ2n) is 6.01. The predicted molar refractivity (Wildman–Crippen MR) is 100 cm³/mol. The first-order chi connectivity index (χ1) is 12.6. The van der Waals surface area contributed by atoms with Crippen molar-refractivity contribution in [2.45, 2.75) is 26.4 Å².